The van der Waals surface area contributed by atoms with Crippen molar-refractivity contribution in [2.45, 2.75) is 43.4 Å². The molecule has 5 heteroatoms. The quantitative estimate of drug-likeness (QED) is 0.821. The van der Waals surface area contributed by atoms with Gasteiger partial charge in [-0.2, -0.15) is 0 Å². The molecular weight excluding hydrogens is 272 g/mol. The summed E-state index contributed by atoms with van der Waals surface area (Å²) in [6, 6.07) is 6.95. The first-order chi connectivity index (χ1) is 9.62. The Morgan fingerprint density at radius 1 is 1.05 bits per heavy atom. The molecule has 2 rings (SSSR count). The highest BCUT2D eigenvalue weighted by atomic mass is 32.2. The summed E-state index contributed by atoms with van der Waals surface area (Å²) in [5, 5.41) is 3.42. The number of anilines is 1. The second-order valence-electron chi connectivity index (χ2n) is 5.47. The molecule has 0 bridgehead atoms. The minimum Gasteiger partial charge on any atom is -0.385 e. The molecule has 1 aliphatic rings. The van der Waals surface area contributed by atoms with Crippen LogP contribution in [0.4, 0.5) is 5.69 Å². The molecular formula is C15H24N2O2S. The summed E-state index contributed by atoms with van der Waals surface area (Å²) >= 11 is 0. The third-order valence-electron chi connectivity index (χ3n) is 4.00. The van der Waals surface area contributed by atoms with E-state index in [-0.39, 0.29) is 0 Å². The minimum atomic E-state index is -3.33. The summed E-state index contributed by atoms with van der Waals surface area (Å²) in [5.41, 5.74) is 0.990. The molecule has 112 valence electrons. The SMILES string of the molecule is CNS(=O)(=O)c1ccc(NCC2CCCCCC2)cc1. The smallest absolute Gasteiger partial charge is 0.240 e. The zero-order valence-corrected chi connectivity index (χ0v) is 12.9. The Balaban J connectivity index is 1.90. The van der Waals surface area contributed by atoms with E-state index in [1.54, 1.807) is 12.1 Å². The molecule has 1 aromatic carbocycles. The van der Waals surface area contributed by atoms with Crippen LogP contribution in [0.1, 0.15) is 38.5 Å². The maximum Gasteiger partial charge on any atom is 0.240 e. The summed E-state index contributed by atoms with van der Waals surface area (Å²) in [7, 11) is -1.91. The van der Waals surface area contributed by atoms with Gasteiger partial charge in [0.1, 0.15) is 0 Å². The van der Waals surface area contributed by atoms with E-state index in [2.05, 4.69) is 10.0 Å². The van der Waals surface area contributed by atoms with Gasteiger partial charge in [-0.05, 0) is 50.1 Å². The maximum atomic E-state index is 11.6. The molecule has 0 atom stereocenters. The molecule has 1 fully saturated rings. The zero-order valence-electron chi connectivity index (χ0n) is 12.1. The fourth-order valence-electron chi connectivity index (χ4n) is 2.70. The molecule has 0 aromatic heterocycles. The van der Waals surface area contributed by atoms with E-state index in [1.807, 2.05) is 12.1 Å². The van der Waals surface area contributed by atoms with Gasteiger partial charge in [0.2, 0.25) is 10.0 Å². The third-order valence-corrected chi connectivity index (χ3v) is 5.43. The van der Waals surface area contributed by atoms with E-state index < -0.39 is 10.0 Å². The van der Waals surface area contributed by atoms with Gasteiger partial charge in [-0.25, -0.2) is 13.1 Å². The fourth-order valence-corrected chi connectivity index (χ4v) is 3.43. The number of nitrogens with one attached hydrogen (secondary N) is 2. The lowest BCUT2D eigenvalue weighted by Crippen LogP contribution is -2.18. The van der Waals surface area contributed by atoms with Crippen molar-refractivity contribution in [3.63, 3.8) is 0 Å². The van der Waals surface area contributed by atoms with Crippen molar-refractivity contribution in [2.75, 3.05) is 18.9 Å². The van der Waals surface area contributed by atoms with Gasteiger partial charge in [-0.3, -0.25) is 0 Å². The number of hydrogen-bond donors (Lipinski definition) is 2. The number of sulfonamides is 1. The van der Waals surface area contributed by atoms with Gasteiger partial charge >= 0.3 is 0 Å². The van der Waals surface area contributed by atoms with Crippen LogP contribution < -0.4 is 10.0 Å². The highest BCUT2D eigenvalue weighted by Crippen LogP contribution is 2.23. The van der Waals surface area contributed by atoms with Gasteiger partial charge in [0.25, 0.3) is 0 Å². The van der Waals surface area contributed by atoms with Gasteiger partial charge in [0.15, 0.2) is 0 Å². The van der Waals surface area contributed by atoms with Crippen molar-refractivity contribution in [2.24, 2.45) is 5.92 Å². The van der Waals surface area contributed by atoms with Crippen LogP contribution in [0.25, 0.3) is 0 Å². The van der Waals surface area contributed by atoms with E-state index in [0.29, 0.717) is 4.90 Å². The largest absolute Gasteiger partial charge is 0.385 e. The van der Waals surface area contributed by atoms with E-state index in [4.69, 9.17) is 0 Å². The Morgan fingerprint density at radius 2 is 1.65 bits per heavy atom. The first-order valence-corrected chi connectivity index (χ1v) is 8.87. The molecule has 1 saturated carbocycles. The van der Waals surface area contributed by atoms with Crippen LogP contribution >= 0.6 is 0 Å². The summed E-state index contributed by atoms with van der Waals surface area (Å²) in [4.78, 5) is 0.306. The van der Waals surface area contributed by atoms with Gasteiger partial charge in [0.05, 0.1) is 4.90 Å². The van der Waals surface area contributed by atoms with E-state index in [9.17, 15) is 8.42 Å². The van der Waals surface area contributed by atoms with E-state index >= 15 is 0 Å². The lowest BCUT2D eigenvalue weighted by atomic mass is 10.0. The van der Waals surface area contributed by atoms with Gasteiger partial charge in [0, 0.05) is 12.2 Å². The summed E-state index contributed by atoms with van der Waals surface area (Å²) < 4.78 is 25.6. The predicted molar refractivity (Wildman–Crippen MR) is 82.4 cm³/mol. The van der Waals surface area contributed by atoms with Gasteiger partial charge in [-0.1, -0.05) is 25.7 Å². The first kappa shape index (κ1) is 15.3. The van der Waals surface area contributed by atoms with Crippen molar-refractivity contribution >= 4 is 15.7 Å². The zero-order chi connectivity index (χ0) is 14.4. The van der Waals surface area contributed by atoms with Crippen LogP contribution in [0, 0.1) is 5.92 Å². The standard InChI is InChI=1S/C15H24N2O2S/c1-16-20(18,19)15-10-8-14(9-11-15)17-12-13-6-4-2-3-5-7-13/h8-11,13,16-17H,2-7,12H2,1H3. The Kier molecular flexibility index (Phi) is 5.43. The van der Waals surface area contributed by atoms with Crippen LogP contribution in [0.3, 0.4) is 0 Å². The average Bonchev–Trinajstić information content (AvgIpc) is 2.74. The Labute approximate surface area is 122 Å². The van der Waals surface area contributed by atoms with Crippen molar-refractivity contribution < 1.29 is 8.42 Å². The summed E-state index contributed by atoms with van der Waals surface area (Å²) in [5.74, 6) is 0.748. The average molecular weight is 296 g/mol. The van der Waals surface area contributed by atoms with E-state index in [1.165, 1.54) is 45.6 Å². The Hall–Kier alpha value is -1.07. The molecule has 0 aliphatic heterocycles. The lowest BCUT2D eigenvalue weighted by molar-refractivity contribution is 0.483. The third kappa shape index (κ3) is 4.21. The molecule has 0 saturated heterocycles. The highest BCUT2D eigenvalue weighted by Gasteiger charge is 2.13. The molecule has 20 heavy (non-hydrogen) atoms. The van der Waals surface area contributed by atoms with Crippen LogP contribution in [0.2, 0.25) is 0 Å². The molecule has 0 unspecified atom stereocenters. The topological polar surface area (TPSA) is 58.2 Å². The Morgan fingerprint density at radius 3 is 2.20 bits per heavy atom. The van der Waals surface area contributed by atoms with Crippen LogP contribution in [0.15, 0.2) is 29.2 Å². The normalized spacial score (nSPS) is 17.6. The molecule has 0 heterocycles. The fraction of sp³-hybridized carbons (Fsp3) is 0.600. The summed E-state index contributed by atoms with van der Waals surface area (Å²) in [6.07, 6.45) is 8.02. The number of hydrogen-bond acceptors (Lipinski definition) is 3. The number of rotatable bonds is 5. The van der Waals surface area contributed by atoms with Gasteiger partial charge < -0.3 is 5.32 Å². The molecule has 4 nitrogen and oxygen atoms in total. The summed E-state index contributed by atoms with van der Waals surface area (Å²) in [6.45, 7) is 0.984. The van der Waals surface area contributed by atoms with Crippen LogP contribution in [-0.2, 0) is 10.0 Å². The van der Waals surface area contributed by atoms with Gasteiger partial charge in [-0.15, -0.1) is 0 Å². The monoisotopic (exact) mass is 296 g/mol. The Bertz CT molecular complexity index is 503. The first-order valence-electron chi connectivity index (χ1n) is 7.39. The van der Waals surface area contributed by atoms with Crippen LogP contribution in [0.5, 0.6) is 0 Å². The molecule has 2 N–H and O–H groups in total. The number of benzene rings is 1. The second kappa shape index (κ2) is 7.09. The minimum absolute atomic E-state index is 0.306. The maximum absolute atomic E-state index is 11.6. The van der Waals surface area contributed by atoms with Crippen molar-refractivity contribution in [1.82, 2.24) is 4.72 Å². The van der Waals surface area contributed by atoms with E-state index in [0.717, 1.165) is 18.2 Å². The highest BCUT2D eigenvalue weighted by molar-refractivity contribution is 7.89. The molecule has 0 spiro atoms. The molecule has 1 aromatic rings. The van der Waals surface area contributed by atoms with Crippen molar-refractivity contribution in [1.29, 1.82) is 0 Å². The van der Waals surface area contributed by atoms with Crippen molar-refractivity contribution in [3.05, 3.63) is 24.3 Å². The van der Waals surface area contributed by atoms with Crippen molar-refractivity contribution in [3.8, 4) is 0 Å². The molecule has 0 radical (unpaired) electrons. The molecule has 1 aliphatic carbocycles. The molecule has 0 amide bonds. The lowest BCUT2D eigenvalue weighted by Gasteiger charge is -2.16. The second-order valence-corrected chi connectivity index (χ2v) is 7.36. The van der Waals surface area contributed by atoms with Crippen LogP contribution in [-0.4, -0.2) is 22.0 Å². The predicted octanol–water partition coefficient (Wildman–Crippen LogP) is 2.98.